The van der Waals surface area contributed by atoms with Crippen molar-refractivity contribution in [3.8, 4) is 78.7 Å². The molecule has 2 aliphatic carbocycles. The minimum absolute atomic E-state index is 0.426. The van der Waals surface area contributed by atoms with Crippen molar-refractivity contribution in [2.75, 3.05) is 0 Å². The molecule has 0 amide bonds. The van der Waals surface area contributed by atoms with Gasteiger partial charge in [-0.2, -0.15) is 0 Å². The standard InChI is InChI=1S/C64H37N3OS/c1-2-15-38(16-3-1)39-17-12-18-41(35-39)61-65-62(42-31-33-47-46-21-7-11-30-57(46)69-58(47)37-42)67-63(66-61)49-24-14-29-56-60(49)50-36-40(32-34-55(50)68-56)43-23-13-28-54-59(43)48-22-6-10-27-53(48)64(54)51-25-8-4-19-44(51)45-20-5-9-26-52(45)64/h1-37H. The molecule has 0 fully saturated rings. The van der Waals surface area contributed by atoms with E-state index in [9.17, 15) is 0 Å². The van der Waals surface area contributed by atoms with Crippen molar-refractivity contribution in [3.05, 3.63) is 247 Å². The summed E-state index contributed by atoms with van der Waals surface area (Å²) in [5.41, 5.74) is 18.9. The molecule has 3 heterocycles. The summed E-state index contributed by atoms with van der Waals surface area (Å²) >= 11 is 1.79. The zero-order chi connectivity index (χ0) is 45.2. The van der Waals surface area contributed by atoms with Crippen LogP contribution in [0.15, 0.2) is 229 Å². The molecule has 2 aliphatic rings. The SMILES string of the molecule is c1ccc(-c2cccc(-c3nc(-c4ccc5c(c4)sc4ccccc45)nc(-c4cccc5oc6ccc(-c7cccc8c7-c7ccccc7C87c8ccccc8-c8ccccc87)cc6c45)n3)c2)cc1. The quantitative estimate of drug-likeness (QED) is 0.173. The van der Waals surface area contributed by atoms with Crippen molar-refractivity contribution < 1.29 is 4.42 Å². The fourth-order valence-corrected chi connectivity index (χ4v) is 12.8. The highest BCUT2D eigenvalue weighted by Gasteiger charge is 2.52. The van der Waals surface area contributed by atoms with Gasteiger partial charge in [-0.1, -0.05) is 188 Å². The Bertz CT molecular complexity index is 4230. The summed E-state index contributed by atoms with van der Waals surface area (Å²) in [6.07, 6.45) is 0. The van der Waals surface area contributed by atoms with Gasteiger partial charge in [0.2, 0.25) is 0 Å². The predicted molar refractivity (Wildman–Crippen MR) is 283 cm³/mol. The number of hydrogen-bond acceptors (Lipinski definition) is 5. The van der Waals surface area contributed by atoms with Gasteiger partial charge in [-0.05, 0) is 103 Å². The number of nitrogens with zero attached hydrogens (tertiary/aromatic N) is 3. The highest BCUT2D eigenvalue weighted by molar-refractivity contribution is 7.25. The van der Waals surface area contributed by atoms with Crippen molar-refractivity contribution in [3.63, 3.8) is 0 Å². The van der Waals surface area contributed by atoms with Gasteiger partial charge in [0.1, 0.15) is 11.2 Å². The fraction of sp³-hybridized carbons (Fsp3) is 0.0156. The zero-order valence-electron chi connectivity index (χ0n) is 37.0. The third-order valence-electron chi connectivity index (χ3n) is 14.6. The average molecular weight is 896 g/mol. The third kappa shape index (κ3) is 5.53. The van der Waals surface area contributed by atoms with E-state index in [-0.39, 0.29) is 0 Å². The first-order chi connectivity index (χ1) is 34.2. The van der Waals surface area contributed by atoms with Crippen LogP contribution in [-0.2, 0) is 5.41 Å². The van der Waals surface area contributed by atoms with E-state index in [0.717, 1.165) is 55.3 Å². The molecule has 0 N–H and O–H groups in total. The Kier molecular flexibility index (Phi) is 8.12. The fourth-order valence-electron chi connectivity index (χ4n) is 11.7. The van der Waals surface area contributed by atoms with E-state index in [0.29, 0.717) is 17.5 Å². The summed E-state index contributed by atoms with van der Waals surface area (Å²) in [7, 11) is 0. The van der Waals surface area contributed by atoms with Crippen LogP contribution in [0.2, 0.25) is 0 Å². The maximum atomic E-state index is 6.71. The van der Waals surface area contributed by atoms with Crippen molar-refractivity contribution in [1.29, 1.82) is 0 Å². The Morgan fingerprint density at radius 1 is 0.319 bits per heavy atom. The van der Waals surface area contributed by atoms with E-state index in [2.05, 4.69) is 212 Å². The average Bonchev–Trinajstić information content (AvgIpc) is 4.16. The second kappa shape index (κ2) is 14.6. The third-order valence-corrected chi connectivity index (χ3v) is 15.7. The normalized spacial score (nSPS) is 13.0. The Hall–Kier alpha value is -8.77. The molecule has 10 aromatic carbocycles. The van der Waals surface area contributed by atoms with E-state index in [1.165, 1.54) is 70.2 Å². The molecule has 69 heavy (non-hydrogen) atoms. The van der Waals surface area contributed by atoms with Crippen LogP contribution < -0.4 is 0 Å². The summed E-state index contributed by atoms with van der Waals surface area (Å²) in [4.78, 5) is 15.9. The molecule has 15 rings (SSSR count). The van der Waals surface area contributed by atoms with E-state index in [1.54, 1.807) is 11.3 Å². The largest absolute Gasteiger partial charge is 0.456 e. The predicted octanol–water partition coefficient (Wildman–Crippen LogP) is 16.8. The Labute approximate surface area is 401 Å². The number of aromatic nitrogens is 3. The highest BCUT2D eigenvalue weighted by atomic mass is 32.1. The molecule has 5 heteroatoms. The van der Waals surface area contributed by atoms with Crippen molar-refractivity contribution in [1.82, 2.24) is 15.0 Å². The van der Waals surface area contributed by atoms with Gasteiger partial charge in [0.05, 0.1) is 5.41 Å². The smallest absolute Gasteiger partial charge is 0.164 e. The Morgan fingerprint density at radius 3 is 1.70 bits per heavy atom. The molecule has 0 aliphatic heterocycles. The minimum atomic E-state index is -0.426. The van der Waals surface area contributed by atoms with Crippen LogP contribution in [0.25, 0.3) is 121 Å². The zero-order valence-corrected chi connectivity index (χ0v) is 37.8. The molecular formula is C64H37N3OS. The molecule has 0 saturated heterocycles. The van der Waals surface area contributed by atoms with E-state index >= 15 is 0 Å². The highest BCUT2D eigenvalue weighted by Crippen LogP contribution is 2.64. The summed E-state index contributed by atoms with van der Waals surface area (Å²) in [6.45, 7) is 0. The summed E-state index contributed by atoms with van der Waals surface area (Å²) < 4.78 is 9.17. The second-order valence-electron chi connectivity index (χ2n) is 18.2. The molecule has 0 atom stereocenters. The summed E-state index contributed by atoms with van der Waals surface area (Å²) in [5, 5.41) is 4.47. The van der Waals surface area contributed by atoms with Crippen molar-refractivity contribution in [2.24, 2.45) is 0 Å². The van der Waals surface area contributed by atoms with Crippen LogP contribution in [0.1, 0.15) is 22.3 Å². The molecule has 0 unspecified atom stereocenters. The van der Waals surface area contributed by atoms with Crippen LogP contribution in [-0.4, -0.2) is 15.0 Å². The van der Waals surface area contributed by atoms with Crippen LogP contribution in [0, 0.1) is 0 Å². The van der Waals surface area contributed by atoms with Gasteiger partial charge in [-0.3, -0.25) is 0 Å². The number of furan rings is 1. The lowest BCUT2D eigenvalue weighted by Crippen LogP contribution is -2.25. The monoisotopic (exact) mass is 895 g/mol. The van der Waals surface area contributed by atoms with Crippen LogP contribution in [0.4, 0.5) is 0 Å². The molecule has 0 radical (unpaired) electrons. The van der Waals surface area contributed by atoms with E-state index < -0.39 is 5.41 Å². The van der Waals surface area contributed by atoms with Crippen molar-refractivity contribution >= 4 is 53.4 Å². The number of hydrogen-bond donors (Lipinski definition) is 0. The van der Waals surface area contributed by atoms with Gasteiger partial charge >= 0.3 is 0 Å². The molecule has 4 nitrogen and oxygen atoms in total. The second-order valence-corrected chi connectivity index (χ2v) is 19.3. The Morgan fingerprint density at radius 2 is 0.884 bits per heavy atom. The molecule has 0 saturated carbocycles. The molecule has 13 aromatic rings. The van der Waals surface area contributed by atoms with Gasteiger partial charge in [-0.25, -0.2) is 15.0 Å². The number of rotatable bonds is 5. The molecule has 320 valence electrons. The van der Waals surface area contributed by atoms with Gasteiger partial charge in [0.25, 0.3) is 0 Å². The van der Waals surface area contributed by atoms with Crippen LogP contribution in [0.3, 0.4) is 0 Å². The van der Waals surface area contributed by atoms with Crippen molar-refractivity contribution in [2.45, 2.75) is 5.41 Å². The first kappa shape index (κ1) is 38.3. The minimum Gasteiger partial charge on any atom is -0.456 e. The number of benzene rings is 10. The molecule has 1 spiro atoms. The summed E-state index contributed by atoms with van der Waals surface area (Å²) in [6, 6.07) is 80.9. The lowest BCUT2D eigenvalue weighted by molar-refractivity contribution is 0.669. The number of thiophene rings is 1. The maximum absolute atomic E-state index is 6.71. The molecular weight excluding hydrogens is 859 g/mol. The first-order valence-electron chi connectivity index (χ1n) is 23.4. The van der Waals surface area contributed by atoms with Crippen LogP contribution >= 0.6 is 11.3 Å². The maximum Gasteiger partial charge on any atom is 0.164 e. The topological polar surface area (TPSA) is 51.8 Å². The molecule has 0 bridgehead atoms. The summed E-state index contributed by atoms with van der Waals surface area (Å²) in [5.74, 6) is 1.81. The molecule has 3 aromatic heterocycles. The lowest BCUT2D eigenvalue weighted by Gasteiger charge is -2.30. The first-order valence-corrected chi connectivity index (χ1v) is 24.2. The van der Waals surface area contributed by atoms with Gasteiger partial charge in [0, 0.05) is 47.6 Å². The van der Waals surface area contributed by atoms with Gasteiger partial charge < -0.3 is 4.42 Å². The van der Waals surface area contributed by atoms with E-state index in [1.807, 2.05) is 12.1 Å². The Balaban J connectivity index is 0.934. The lowest BCUT2D eigenvalue weighted by atomic mass is 9.70. The van der Waals surface area contributed by atoms with E-state index in [4.69, 9.17) is 19.4 Å². The van der Waals surface area contributed by atoms with Crippen LogP contribution in [0.5, 0.6) is 0 Å². The van der Waals surface area contributed by atoms with Gasteiger partial charge in [0.15, 0.2) is 17.5 Å². The van der Waals surface area contributed by atoms with Gasteiger partial charge in [-0.15, -0.1) is 11.3 Å². The number of fused-ring (bicyclic) bond motifs is 16.